The Labute approximate surface area is 54.3 Å². The summed E-state index contributed by atoms with van der Waals surface area (Å²) in [6, 6.07) is 0. The highest BCUT2D eigenvalue weighted by Crippen LogP contribution is 1.90. The molecular formula is C6H10O3. The SMILES string of the molecule is C=C(C)C(=O)OCOC. The molecule has 0 spiro atoms. The monoisotopic (exact) mass is 130 g/mol. The molecule has 0 N–H and O–H groups in total. The fourth-order valence-corrected chi connectivity index (χ4v) is 0.236. The van der Waals surface area contributed by atoms with Crippen molar-refractivity contribution in [2.45, 2.75) is 6.92 Å². The molecule has 3 heteroatoms. The number of hydrogen-bond donors (Lipinski definition) is 0. The van der Waals surface area contributed by atoms with Gasteiger partial charge in [-0.25, -0.2) is 4.79 Å². The Kier molecular flexibility index (Phi) is 3.71. The second-order valence-corrected chi connectivity index (χ2v) is 1.62. The van der Waals surface area contributed by atoms with E-state index in [2.05, 4.69) is 16.1 Å². The maximum Gasteiger partial charge on any atom is 0.335 e. The molecule has 0 radical (unpaired) electrons. The van der Waals surface area contributed by atoms with Crippen LogP contribution >= 0.6 is 0 Å². The highest BCUT2D eigenvalue weighted by molar-refractivity contribution is 5.86. The van der Waals surface area contributed by atoms with Crippen LogP contribution in [0.25, 0.3) is 0 Å². The molecule has 0 aliphatic rings. The van der Waals surface area contributed by atoms with Crippen molar-refractivity contribution in [2.75, 3.05) is 13.9 Å². The zero-order chi connectivity index (χ0) is 7.28. The summed E-state index contributed by atoms with van der Waals surface area (Å²) >= 11 is 0. The highest BCUT2D eigenvalue weighted by atomic mass is 16.7. The molecule has 0 aromatic rings. The first-order valence-electron chi connectivity index (χ1n) is 2.50. The number of esters is 1. The molecule has 0 fully saturated rings. The molecule has 0 heterocycles. The molecule has 0 saturated heterocycles. The van der Waals surface area contributed by atoms with E-state index in [4.69, 9.17) is 0 Å². The molecule has 0 rings (SSSR count). The molecule has 9 heavy (non-hydrogen) atoms. The van der Waals surface area contributed by atoms with Crippen molar-refractivity contribution in [1.82, 2.24) is 0 Å². The fourth-order valence-electron chi connectivity index (χ4n) is 0.236. The number of ether oxygens (including phenoxy) is 2. The Hall–Kier alpha value is -0.830. The van der Waals surface area contributed by atoms with E-state index >= 15 is 0 Å². The van der Waals surface area contributed by atoms with Crippen molar-refractivity contribution in [2.24, 2.45) is 0 Å². The van der Waals surface area contributed by atoms with Crippen LogP contribution in [0.15, 0.2) is 12.2 Å². The number of carbonyl (C=O) groups is 1. The van der Waals surface area contributed by atoms with Crippen molar-refractivity contribution in [3.05, 3.63) is 12.2 Å². The van der Waals surface area contributed by atoms with Crippen LogP contribution in [0, 0.1) is 0 Å². The normalized spacial score (nSPS) is 8.67. The average molecular weight is 130 g/mol. The second kappa shape index (κ2) is 4.09. The highest BCUT2D eigenvalue weighted by Gasteiger charge is 1.99. The van der Waals surface area contributed by atoms with E-state index < -0.39 is 5.97 Å². The molecular weight excluding hydrogens is 120 g/mol. The minimum atomic E-state index is -0.420. The second-order valence-electron chi connectivity index (χ2n) is 1.62. The predicted molar refractivity (Wildman–Crippen MR) is 32.8 cm³/mol. The molecule has 0 amide bonds. The smallest absolute Gasteiger partial charge is 0.335 e. The molecule has 3 nitrogen and oxygen atoms in total. The van der Waals surface area contributed by atoms with Crippen LogP contribution in [0.5, 0.6) is 0 Å². The summed E-state index contributed by atoms with van der Waals surface area (Å²) in [5.74, 6) is -0.420. The maximum atomic E-state index is 10.5. The summed E-state index contributed by atoms with van der Waals surface area (Å²) < 4.78 is 8.97. The topological polar surface area (TPSA) is 35.5 Å². The maximum absolute atomic E-state index is 10.5. The third-order valence-electron chi connectivity index (χ3n) is 0.656. The van der Waals surface area contributed by atoms with E-state index in [0.717, 1.165) is 0 Å². The molecule has 0 aromatic heterocycles. The Balaban J connectivity index is 3.39. The van der Waals surface area contributed by atoms with E-state index in [9.17, 15) is 4.79 Å². The zero-order valence-electron chi connectivity index (χ0n) is 5.64. The van der Waals surface area contributed by atoms with E-state index in [0.29, 0.717) is 5.57 Å². The van der Waals surface area contributed by atoms with Crippen LogP contribution < -0.4 is 0 Å². The van der Waals surface area contributed by atoms with Gasteiger partial charge in [-0.3, -0.25) is 0 Å². The van der Waals surface area contributed by atoms with Gasteiger partial charge in [0.1, 0.15) is 0 Å². The van der Waals surface area contributed by atoms with Gasteiger partial charge in [-0.15, -0.1) is 0 Å². The van der Waals surface area contributed by atoms with Gasteiger partial charge in [-0.1, -0.05) is 6.58 Å². The lowest BCUT2D eigenvalue weighted by Gasteiger charge is -1.99. The van der Waals surface area contributed by atoms with Gasteiger partial charge < -0.3 is 9.47 Å². The molecule has 0 unspecified atom stereocenters. The van der Waals surface area contributed by atoms with Gasteiger partial charge in [0.15, 0.2) is 6.79 Å². The molecule has 0 saturated carbocycles. The van der Waals surface area contributed by atoms with Crippen molar-refractivity contribution >= 4 is 5.97 Å². The lowest BCUT2D eigenvalue weighted by atomic mass is 10.4. The molecule has 0 aromatic carbocycles. The Morgan fingerprint density at radius 3 is 2.56 bits per heavy atom. The minimum Gasteiger partial charge on any atom is -0.435 e. The molecule has 0 atom stereocenters. The number of carbonyl (C=O) groups excluding carboxylic acids is 1. The lowest BCUT2D eigenvalue weighted by Crippen LogP contribution is -2.06. The third kappa shape index (κ3) is 3.73. The van der Waals surface area contributed by atoms with E-state index in [-0.39, 0.29) is 6.79 Å². The van der Waals surface area contributed by atoms with Gasteiger partial charge in [0.05, 0.1) is 0 Å². The van der Waals surface area contributed by atoms with Crippen molar-refractivity contribution in [3.8, 4) is 0 Å². The molecule has 0 aliphatic carbocycles. The Morgan fingerprint density at radius 2 is 2.22 bits per heavy atom. The number of rotatable bonds is 3. The van der Waals surface area contributed by atoms with E-state index in [1.54, 1.807) is 6.92 Å². The van der Waals surface area contributed by atoms with Crippen molar-refractivity contribution < 1.29 is 14.3 Å². The first kappa shape index (κ1) is 8.17. The van der Waals surface area contributed by atoms with E-state index in [1.165, 1.54) is 7.11 Å². The summed E-state index contributed by atoms with van der Waals surface area (Å²) in [5.41, 5.74) is 0.382. The molecule has 52 valence electrons. The van der Waals surface area contributed by atoms with Gasteiger partial charge in [-0.2, -0.15) is 0 Å². The Morgan fingerprint density at radius 1 is 1.67 bits per heavy atom. The van der Waals surface area contributed by atoms with Crippen molar-refractivity contribution in [1.29, 1.82) is 0 Å². The summed E-state index contributed by atoms with van der Waals surface area (Å²) in [4.78, 5) is 10.5. The quantitative estimate of drug-likeness (QED) is 0.320. The predicted octanol–water partition coefficient (Wildman–Crippen LogP) is 0.710. The largest absolute Gasteiger partial charge is 0.435 e. The van der Waals surface area contributed by atoms with E-state index in [1.807, 2.05) is 0 Å². The van der Waals surface area contributed by atoms with Crippen LogP contribution in [0.4, 0.5) is 0 Å². The average Bonchev–Trinajstić information content (AvgIpc) is 1.82. The van der Waals surface area contributed by atoms with Crippen LogP contribution in [0.3, 0.4) is 0 Å². The van der Waals surface area contributed by atoms with Gasteiger partial charge in [-0.05, 0) is 6.92 Å². The van der Waals surface area contributed by atoms with Crippen molar-refractivity contribution in [3.63, 3.8) is 0 Å². The summed E-state index contributed by atoms with van der Waals surface area (Å²) in [5, 5.41) is 0. The van der Waals surface area contributed by atoms with Crippen LogP contribution in [-0.2, 0) is 14.3 Å². The van der Waals surface area contributed by atoms with Gasteiger partial charge in [0.2, 0.25) is 0 Å². The number of hydrogen-bond acceptors (Lipinski definition) is 3. The zero-order valence-corrected chi connectivity index (χ0v) is 5.64. The summed E-state index contributed by atoms with van der Waals surface area (Å²) in [6.07, 6.45) is 0. The van der Waals surface area contributed by atoms with Crippen LogP contribution in [0.1, 0.15) is 6.92 Å². The first-order valence-corrected chi connectivity index (χ1v) is 2.50. The fraction of sp³-hybridized carbons (Fsp3) is 0.500. The standard InChI is InChI=1S/C6H10O3/c1-5(2)6(7)9-4-8-3/h1,4H2,2-3H3. The van der Waals surface area contributed by atoms with Gasteiger partial charge >= 0.3 is 5.97 Å². The van der Waals surface area contributed by atoms with Gasteiger partial charge in [0.25, 0.3) is 0 Å². The third-order valence-corrected chi connectivity index (χ3v) is 0.656. The Bertz CT molecular complexity index is 117. The van der Waals surface area contributed by atoms with Crippen LogP contribution in [-0.4, -0.2) is 19.9 Å². The molecule has 0 bridgehead atoms. The van der Waals surface area contributed by atoms with Gasteiger partial charge in [0, 0.05) is 12.7 Å². The lowest BCUT2D eigenvalue weighted by molar-refractivity contribution is -0.149. The van der Waals surface area contributed by atoms with Crippen LogP contribution in [0.2, 0.25) is 0 Å². The summed E-state index contributed by atoms with van der Waals surface area (Å²) in [7, 11) is 1.45. The minimum absolute atomic E-state index is 0.00824. The molecule has 0 aliphatic heterocycles. The number of methoxy groups -OCH3 is 1. The first-order chi connectivity index (χ1) is 4.18. The summed E-state index contributed by atoms with van der Waals surface area (Å²) in [6.45, 7) is 4.95.